The van der Waals surface area contributed by atoms with Gasteiger partial charge in [-0.2, -0.15) is 5.10 Å². The van der Waals surface area contributed by atoms with Gasteiger partial charge in [-0.05, 0) is 31.0 Å². The standard InChI is InChI=1S/C23H34ClN7O/c24-20-11-12-21(25)31(28-20)15-8-6-4-2-1-3-5-7-10-22(32)29-16-18-30(19-17-29)23-26-13-9-14-27-23/h9,11-14,25H,1-8,10,15-19H2. The Hall–Kier alpha value is -2.48. The van der Waals surface area contributed by atoms with Gasteiger partial charge in [0.1, 0.15) is 10.6 Å². The average Bonchev–Trinajstić information content (AvgIpc) is 2.83. The van der Waals surface area contributed by atoms with Crippen molar-refractivity contribution in [2.45, 2.75) is 64.3 Å². The second-order valence-electron chi connectivity index (χ2n) is 8.26. The topological polar surface area (TPSA) is 91.0 Å². The van der Waals surface area contributed by atoms with E-state index in [2.05, 4.69) is 20.0 Å². The molecule has 0 atom stereocenters. The highest BCUT2D eigenvalue weighted by atomic mass is 35.5. The summed E-state index contributed by atoms with van der Waals surface area (Å²) < 4.78 is 1.66. The molecule has 174 valence electrons. The van der Waals surface area contributed by atoms with Gasteiger partial charge < -0.3 is 9.80 Å². The number of aromatic nitrogens is 4. The molecule has 1 amide bonds. The lowest BCUT2D eigenvalue weighted by Crippen LogP contribution is -2.49. The van der Waals surface area contributed by atoms with E-state index in [0.29, 0.717) is 17.1 Å². The van der Waals surface area contributed by atoms with Crippen LogP contribution in [0.2, 0.25) is 5.15 Å². The molecule has 1 aliphatic rings. The first-order chi connectivity index (χ1) is 15.6. The SMILES string of the molecule is N=c1ccc(Cl)nn1CCCCCCCCCCC(=O)N1CCN(c2ncccn2)CC1. The molecule has 0 spiro atoms. The molecule has 1 N–H and O–H groups in total. The molecule has 0 aliphatic carbocycles. The highest BCUT2D eigenvalue weighted by Crippen LogP contribution is 2.13. The summed E-state index contributed by atoms with van der Waals surface area (Å²) in [6.07, 6.45) is 13.2. The first kappa shape index (κ1) is 24.2. The Bertz CT molecular complexity index is 881. The highest BCUT2D eigenvalue weighted by molar-refractivity contribution is 6.29. The Morgan fingerprint density at radius 1 is 0.906 bits per heavy atom. The molecule has 3 rings (SSSR count). The number of hydrogen-bond acceptors (Lipinski definition) is 6. The second-order valence-corrected chi connectivity index (χ2v) is 8.65. The number of anilines is 1. The summed E-state index contributed by atoms with van der Waals surface area (Å²) in [5, 5.41) is 12.4. The number of halogens is 1. The molecule has 1 aliphatic heterocycles. The molecular formula is C23H34ClN7O. The monoisotopic (exact) mass is 459 g/mol. The van der Waals surface area contributed by atoms with Crippen molar-refractivity contribution in [2.75, 3.05) is 31.1 Å². The Kier molecular flexibility index (Phi) is 9.94. The summed E-state index contributed by atoms with van der Waals surface area (Å²) in [7, 11) is 0. The van der Waals surface area contributed by atoms with Crippen molar-refractivity contribution < 1.29 is 4.79 Å². The van der Waals surface area contributed by atoms with Crippen molar-refractivity contribution in [3.8, 4) is 0 Å². The lowest BCUT2D eigenvalue weighted by Gasteiger charge is -2.34. The molecule has 3 heterocycles. The Morgan fingerprint density at radius 2 is 1.53 bits per heavy atom. The van der Waals surface area contributed by atoms with E-state index in [4.69, 9.17) is 17.0 Å². The van der Waals surface area contributed by atoms with Crippen LogP contribution in [-0.4, -0.2) is 56.7 Å². The van der Waals surface area contributed by atoms with Crippen LogP contribution in [0.5, 0.6) is 0 Å². The predicted octanol–water partition coefficient (Wildman–Crippen LogP) is 3.67. The number of carbonyl (C=O) groups is 1. The zero-order valence-corrected chi connectivity index (χ0v) is 19.5. The van der Waals surface area contributed by atoms with Crippen molar-refractivity contribution >= 4 is 23.5 Å². The summed E-state index contributed by atoms with van der Waals surface area (Å²) in [6, 6.07) is 5.15. The maximum atomic E-state index is 12.5. The van der Waals surface area contributed by atoms with E-state index in [9.17, 15) is 4.79 Å². The third-order valence-corrected chi connectivity index (χ3v) is 6.05. The first-order valence-corrected chi connectivity index (χ1v) is 12.1. The van der Waals surface area contributed by atoms with Crippen LogP contribution in [-0.2, 0) is 11.3 Å². The van der Waals surface area contributed by atoms with E-state index in [1.807, 2.05) is 11.0 Å². The maximum Gasteiger partial charge on any atom is 0.225 e. The zero-order valence-electron chi connectivity index (χ0n) is 18.8. The number of nitrogens with one attached hydrogen (secondary N) is 1. The van der Waals surface area contributed by atoms with E-state index in [1.165, 1.54) is 25.7 Å². The minimum Gasteiger partial charge on any atom is -0.339 e. The van der Waals surface area contributed by atoms with Crippen LogP contribution < -0.4 is 10.4 Å². The van der Waals surface area contributed by atoms with Gasteiger partial charge in [-0.15, -0.1) is 0 Å². The second kappa shape index (κ2) is 13.2. The molecule has 2 aromatic rings. The molecule has 2 aromatic heterocycles. The van der Waals surface area contributed by atoms with Gasteiger partial charge in [0.15, 0.2) is 0 Å². The van der Waals surface area contributed by atoms with E-state index in [1.54, 1.807) is 29.2 Å². The lowest BCUT2D eigenvalue weighted by atomic mass is 10.1. The maximum absolute atomic E-state index is 12.5. The van der Waals surface area contributed by atoms with Gasteiger partial charge in [0.2, 0.25) is 11.9 Å². The minimum absolute atomic E-state index is 0.277. The Morgan fingerprint density at radius 3 is 2.22 bits per heavy atom. The molecule has 32 heavy (non-hydrogen) atoms. The van der Waals surface area contributed by atoms with Crippen molar-refractivity contribution in [3.63, 3.8) is 0 Å². The molecule has 1 fully saturated rings. The molecule has 1 saturated heterocycles. The molecule has 8 nitrogen and oxygen atoms in total. The molecule has 0 radical (unpaired) electrons. The van der Waals surface area contributed by atoms with Gasteiger partial charge in [0, 0.05) is 51.5 Å². The number of rotatable bonds is 12. The minimum atomic E-state index is 0.277. The fourth-order valence-corrected chi connectivity index (χ4v) is 4.13. The van der Waals surface area contributed by atoms with Gasteiger partial charge in [0.05, 0.1) is 0 Å². The van der Waals surface area contributed by atoms with Gasteiger partial charge >= 0.3 is 0 Å². The number of hydrogen-bond donors (Lipinski definition) is 1. The first-order valence-electron chi connectivity index (χ1n) is 11.7. The average molecular weight is 460 g/mol. The van der Waals surface area contributed by atoms with Crippen LogP contribution in [0.25, 0.3) is 0 Å². The van der Waals surface area contributed by atoms with Crippen molar-refractivity contribution in [2.24, 2.45) is 0 Å². The predicted molar refractivity (Wildman–Crippen MR) is 125 cm³/mol. The van der Waals surface area contributed by atoms with Crippen LogP contribution in [0.3, 0.4) is 0 Å². The highest BCUT2D eigenvalue weighted by Gasteiger charge is 2.21. The molecule has 0 aromatic carbocycles. The number of piperazine rings is 1. The van der Waals surface area contributed by atoms with Crippen LogP contribution in [0, 0.1) is 5.41 Å². The fourth-order valence-electron chi connectivity index (χ4n) is 3.97. The smallest absolute Gasteiger partial charge is 0.225 e. The third kappa shape index (κ3) is 7.89. The van der Waals surface area contributed by atoms with E-state index >= 15 is 0 Å². The van der Waals surface area contributed by atoms with Gasteiger partial charge in [-0.1, -0.05) is 50.1 Å². The van der Waals surface area contributed by atoms with Crippen LogP contribution in [0.4, 0.5) is 5.95 Å². The molecule has 0 saturated carbocycles. The molecular weight excluding hydrogens is 426 g/mol. The van der Waals surface area contributed by atoms with Gasteiger partial charge in [-0.25, -0.2) is 14.6 Å². The van der Waals surface area contributed by atoms with Crippen molar-refractivity contribution in [1.29, 1.82) is 5.41 Å². The largest absolute Gasteiger partial charge is 0.339 e. The third-order valence-electron chi connectivity index (χ3n) is 5.85. The summed E-state index contributed by atoms with van der Waals surface area (Å²) in [4.78, 5) is 25.2. The van der Waals surface area contributed by atoms with Crippen LogP contribution in [0.15, 0.2) is 30.6 Å². The quantitative estimate of drug-likeness (QED) is 0.489. The summed E-state index contributed by atoms with van der Waals surface area (Å²) in [5.74, 6) is 1.03. The van der Waals surface area contributed by atoms with Crippen LogP contribution in [0.1, 0.15) is 57.8 Å². The number of aryl methyl sites for hydroxylation is 1. The fraction of sp³-hybridized carbons (Fsp3) is 0.609. The number of carbonyl (C=O) groups excluding carboxylic acids is 1. The Balaban J connectivity index is 1.17. The van der Waals surface area contributed by atoms with Crippen molar-refractivity contribution in [1.82, 2.24) is 24.6 Å². The van der Waals surface area contributed by atoms with Gasteiger partial charge in [-0.3, -0.25) is 10.2 Å². The summed E-state index contributed by atoms with van der Waals surface area (Å²) in [6.45, 7) is 3.84. The molecule has 0 unspecified atom stereocenters. The van der Waals surface area contributed by atoms with E-state index in [-0.39, 0.29) is 5.91 Å². The summed E-state index contributed by atoms with van der Waals surface area (Å²) >= 11 is 5.89. The van der Waals surface area contributed by atoms with Crippen molar-refractivity contribution in [3.05, 3.63) is 41.2 Å². The van der Waals surface area contributed by atoms with Gasteiger partial charge in [0.25, 0.3) is 0 Å². The Labute approximate surface area is 195 Å². The normalized spacial score (nSPS) is 14.0. The summed E-state index contributed by atoms with van der Waals surface area (Å²) in [5.41, 5.74) is 0.399. The van der Waals surface area contributed by atoms with E-state index in [0.717, 1.165) is 64.4 Å². The van der Waals surface area contributed by atoms with Crippen LogP contribution >= 0.6 is 11.6 Å². The number of unbranched alkanes of at least 4 members (excludes halogenated alkanes) is 7. The molecule has 0 bridgehead atoms. The molecule has 9 heteroatoms. The van der Waals surface area contributed by atoms with E-state index < -0.39 is 0 Å². The lowest BCUT2D eigenvalue weighted by molar-refractivity contribution is -0.131. The number of amides is 1. The number of nitrogens with zero attached hydrogens (tertiary/aromatic N) is 6. The zero-order chi connectivity index (χ0) is 22.6.